The number of fused-ring (bicyclic) bond motifs is 1. The van der Waals surface area contributed by atoms with E-state index >= 15 is 0 Å². The fraction of sp³-hybridized carbons (Fsp3) is 0.385. The Balaban J connectivity index is 2.19. The number of aliphatic imine (C=N–C) groups is 1. The van der Waals surface area contributed by atoms with Crippen molar-refractivity contribution in [2.45, 2.75) is 23.9 Å². The van der Waals surface area contributed by atoms with Crippen LogP contribution in [-0.4, -0.2) is 60.8 Å². The normalized spacial score (nSPS) is 29.5. The lowest BCUT2D eigenvalue weighted by molar-refractivity contribution is -0.0643. The van der Waals surface area contributed by atoms with E-state index in [1.54, 1.807) is 6.07 Å². The van der Waals surface area contributed by atoms with Gasteiger partial charge in [0.05, 0.1) is 12.3 Å². The lowest BCUT2D eigenvalue weighted by Gasteiger charge is -2.24. The fourth-order valence-corrected chi connectivity index (χ4v) is 2.74. The van der Waals surface area contributed by atoms with E-state index in [1.165, 1.54) is 16.9 Å². The van der Waals surface area contributed by atoms with Crippen LogP contribution in [0.5, 0.6) is 0 Å². The van der Waals surface area contributed by atoms with E-state index in [2.05, 4.69) is 15.1 Å². The summed E-state index contributed by atoms with van der Waals surface area (Å²) in [6.45, 7) is -0.556. The molecule has 3 rings (SSSR count). The fourth-order valence-electron chi connectivity index (χ4n) is 2.74. The largest absolute Gasteiger partial charge is 0.394 e. The van der Waals surface area contributed by atoms with E-state index in [0.29, 0.717) is 5.52 Å². The molecule has 0 radical (unpaired) electrons. The average Bonchev–Trinajstić information content (AvgIpc) is 3.09. The Morgan fingerprint density at radius 3 is 2.79 bits per heavy atom. The highest BCUT2D eigenvalue weighted by Gasteiger charge is 2.57. The van der Waals surface area contributed by atoms with E-state index in [9.17, 15) is 20.6 Å². The van der Waals surface area contributed by atoms with Crippen LogP contribution in [0.1, 0.15) is 5.69 Å². The molecule has 1 aliphatic rings. The van der Waals surface area contributed by atoms with Gasteiger partial charge in [-0.3, -0.25) is 0 Å². The summed E-state index contributed by atoms with van der Waals surface area (Å²) in [5, 5.41) is 43.2. The Kier molecular flexibility index (Phi) is 3.82. The van der Waals surface area contributed by atoms with Crippen molar-refractivity contribution in [2.24, 2.45) is 16.5 Å². The SMILES string of the molecule is N#CC1(c2ccc3c(N=C(N)N)ncnn23)OC(CO)C(O)C1O. The molecule has 126 valence electrons. The number of aromatic nitrogens is 3. The Bertz CT molecular complexity index is 840. The minimum atomic E-state index is -1.91. The smallest absolute Gasteiger partial charge is 0.225 e. The highest BCUT2D eigenvalue weighted by Crippen LogP contribution is 2.40. The van der Waals surface area contributed by atoms with Gasteiger partial charge in [0, 0.05) is 0 Å². The number of rotatable bonds is 3. The van der Waals surface area contributed by atoms with Crippen LogP contribution < -0.4 is 11.5 Å². The van der Waals surface area contributed by atoms with Crippen LogP contribution in [0.2, 0.25) is 0 Å². The van der Waals surface area contributed by atoms with Crippen LogP contribution in [0, 0.1) is 11.3 Å². The van der Waals surface area contributed by atoms with Crippen molar-refractivity contribution in [1.29, 1.82) is 5.26 Å². The van der Waals surface area contributed by atoms with Crippen LogP contribution in [0.4, 0.5) is 5.82 Å². The molecular weight excluding hydrogens is 318 g/mol. The number of aliphatic hydroxyl groups excluding tert-OH is 3. The zero-order valence-electron chi connectivity index (χ0n) is 12.3. The van der Waals surface area contributed by atoms with E-state index in [0.717, 1.165) is 0 Å². The summed E-state index contributed by atoms with van der Waals surface area (Å²) in [5.74, 6) is -0.0441. The second kappa shape index (κ2) is 5.69. The molecule has 0 amide bonds. The molecule has 2 aromatic rings. The maximum atomic E-state index is 10.3. The first-order chi connectivity index (χ1) is 11.4. The van der Waals surface area contributed by atoms with Crippen molar-refractivity contribution in [1.82, 2.24) is 14.6 Å². The molecule has 11 heteroatoms. The maximum absolute atomic E-state index is 10.3. The third-order valence-corrected chi connectivity index (χ3v) is 3.85. The van der Waals surface area contributed by atoms with Gasteiger partial charge < -0.3 is 31.5 Å². The van der Waals surface area contributed by atoms with Crippen molar-refractivity contribution in [2.75, 3.05) is 6.61 Å². The van der Waals surface area contributed by atoms with Gasteiger partial charge in [0.1, 0.15) is 36.2 Å². The topological polar surface area (TPSA) is 188 Å². The second-order valence-electron chi connectivity index (χ2n) is 5.26. The summed E-state index contributed by atoms with van der Waals surface area (Å²) in [6, 6.07) is 4.89. The molecule has 1 fully saturated rings. The maximum Gasteiger partial charge on any atom is 0.225 e. The molecule has 0 bridgehead atoms. The van der Waals surface area contributed by atoms with Gasteiger partial charge in [0.15, 0.2) is 11.8 Å². The molecular formula is C13H15N7O4. The number of nitrogens with two attached hydrogens (primary N) is 2. The summed E-state index contributed by atoms with van der Waals surface area (Å²) in [4.78, 5) is 7.81. The monoisotopic (exact) mass is 333 g/mol. The molecule has 0 saturated carbocycles. The first-order valence-electron chi connectivity index (χ1n) is 6.93. The summed E-state index contributed by atoms with van der Waals surface area (Å²) in [7, 11) is 0. The number of hydrogen-bond acceptors (Lipinski definition) is 8. The van der Waals surface area contributed by atoms with Crippen LogP contribution in [0.15, 0.2) is 23.5 Å². The highest BCUT2D eigenvalue weighted by atomic mass is 16.6. The lowest BCUT2D eigenvalue weighted by atomic mass is 9.92. The Morgan fingerprint density at radius 2 is 2.21 bits per heavy atom. The van der Waals surface area contributed by atoms with Gasteiger partial charge in [0.25, 0.3) is 0 Å². The van der Waals surface area contributed by atoms with Gasteiger partial charge in [-0.2, -0.15) is 15.4 Å². The zero-order valence-corrected chi connectivity index (χ0v) is 12.3. The first-order valence-corrected chi connectivity index (χ1v) is 6.93. The third kappa shape index (κ3) is 2.17. The van der Waals surface area contributed by atoms with Gasteiger partial charge >= 0.3 is 0 Å². The molecule has 4 unspecified atom stereocenters. The van der Waals surface area contributed by atoms with Gasteiger partial charge in [0.2, 0.25) is 5.60 Å². The van der Waals surface area contributed by atoms with E-state index in [4.69, 9.17) is 16.2 Å². The number of aliphatic hydroxyl groups is 3. The van der Waals surface area contributed by atoms with E-state index in [-0.39, 0.29) is 17.5 Å². The van der Waals surface area contributed by atoms with Gasteiger partial charge in [-0.1, -0.05) is 0 Å². The molecule has 11 nitrogen and oxygen atoms in total. The number of hydrogen-bond donors (Lipinski definition) is 5. The molecule has 0 aliphatic carbocycles. The third-order valence-electron chi connectivity index (χ3n) is 3.85. The van der Waals surface area contributed by atoms with Crippen LogP contribution in [0.3, 0.4) is 0 Å². The molecule has 7 N–H and O–H groups in total. The van der Waals surface area contributed by atoms with E-state index < -0.39 is 30.5 Å². The molecule has 24 heavy (non-hydrogen) atoms. The molecule has 4 atom stereocenters. The number of nitrogens with zero attached hydrogens (tertiary/aromatic N) is 5. The Morgan fingerprint density at radius 1 is 1.46 bits per heavy atom. The quantitative estimate of drug-likeness (QED) is 0.298. The zero-order chi connectivity index (χ0) is 17.5. The van der Waals surface area contributed by atoms with Crippen molar-refractivity contribution in [3.8, 4) is 6.07 Å². The van der Waals surface area contributed by atoms with Crippen molar-refractivity contribution in [3.63, 3.8) is 0 Å². The summed E-state index contributed by atoms with van der Waals surface area (Å²) < 4.78 is 6.75. The number of guanidine groups is 1. The summed E-state index contributed by atoms with van der Waals surface area (Å²) in [6.07, 6.45) is -2.95. The standard InChI is InChI=1S/C13H15N7O4/c14-4-13(10(23)9(22)7(3-21)24-13)8-2-1-6-11(19-12(15)16)17-5-18-20(6)8/h1-2,5,7,9-10,21-23H,3H2,(H4,15,16,17,18,19). The van der Waals surface area contributed by atoms with Crippen LogP contribution in [-0.2, 0) is 10.3 Å². The van der Waals surface area contributed by atoms with Gasteiger partial charge in [-0.15, -0.1) is 0 Å². The summed E-state index contributed by atoms with van der Waals surface area (Å²) in [5.41, 5.74) is 9.31. The average molecular weight is 333 g/mol. The Labute approximate surface area is 135 Å². The highest BCUT2D eigenvalue weighted by molar-refractivity contribution is 5.81. The lowest BCUT2D eigenvalue weighted by Crippen LogP contribution is -2.40. The predicted molar refractivity (Wildman–Crippen MR) is 79.7 cm³/mol. The van der Waals surface area contributed by atoms with Gasteiger partial charge in [-0.05, 0) is 12.1 Å². The first kappa shape index (κ1) is 16.1. The molecule has 2 aromatic heterocycles. The molecule has 0 spiro atoms. The van der Waals surface area contributed by atoms with Crippen molar-refractivity contribution < 1.29 is 20.1 Å². The second-order valence-corrected chi connectivity index (χ2v) is 5.26. The molecule has 3 heterocycles. The Hall–Kier alpha value is -2.78. The van der Waals surface area contributed by atoms with Crippen molar-refractivity contribution in [3.05, 3.63) is 24.2 Å². The molecule has 0 aromatic carbocycles. The van der Waals surface area contributed by atoms with Crippen molar-refractivity contribution >= 4 is 17.3 Å². The molecule has 1 aliphatic heterocycles. The van der Waals surface area contributed by atoms with Crippen LogP contribution >= 0.6 is 0 Å². The van der Waals surface area contributed by atoms with E-state index in [1.807, 2.05) is 6.07 Å². The van der Waals surface area contributed by atoms with Gasteiger partial charge in [-0.25, -0.2) is 9.50 Å². The summed E-state index contributed by atoms with van der Waals surface area (Å²) >= 11 is 0. The number of nitriles is 1. The minimum Gasteiger partial charge on any atom is -0.394 e. The van der Waals surface area contributed by atoms with Crippen LogP contribution in [0.25, 0.3) is 5.52 Å². The predicted octanol–water partition coefficient (Wildman–Crippen LogP) is -2.53. The minimum absolute atomic E-state index is 0.150. The number of ether oxygens (including phenoxy) is 1. The molecule has 1 saturated heterocycles.